The smallest absolute Gasteiger partial charge is 0.328 e. The number of aliphatic carboxylic acids is 1. The number of para-hydroxylation sites is 1. The molecule has 2 rings (SSSR count). The Kier molecular flexibility index (Phi) is 10.3. The molecule has 1 amide bonds. The fraction of sp³-hybridized carbons (Fsp3) is 0.476. The monoisotopic (exact) mass is 439 g/mol. The molecule has 0 aliphatic heterocycles. The molecule has 166 valence electrons. The number of carbonyl (C=O) groups is 3. The van der Waals surface area contributed by atoms with Crippen molar-refractivity contribution in [2.75, 3.05) is 6.61 Å². The number of carboxylic acid groups (broad SMARTS) is 1. The first-order valence-electron chi connectivity index (χ1n) is 9.77. The standard InChI is InChI=1S/C21H29N3O5.ClH/c1-13(2)9-10-29-21(28)18(24-19(25)8-7-16(22)20(26)27)11-14-12-23-17-6-4-3-5-15(14)17;/h3-6,12-13,16,18,23H,7-11,22H2,1-2H3,(H,24,25)(H,26,27);1H/t16-,18-;/m1./s1. The van der Waals surface area contributed by atoms with E-state index in [2.05, 4.69) is 10.3 Å². The number of fused-ring (bicyclic) bond motifs is 1. The van der Waals surface area contributed by atoms with Crippen molar-refractivity contribution in [1.82, 2.24) is 10.3 Å². The summed E-state index contributed by atoms with van der Waals surface area (Å²) in [6, 6.07) is 5.70. The number of benzene rings is 1. The number of H-pyrrole nitrogens is 1. The quantitative estimate of drug-likeness (QED) is 0.397. The summed E-state index contributed by atoms with van der Waals surface area (Å²) >= 11 is 0. The number of nitrogens with two attached hydrogens (primary N) is 1. The number of hydrogen-bond donors (Lipinski definition) is 4. The van der Waals surface area contributed by atoms with Crippen molar-refractivity contribution in [3.63, 3.8) is 0 Å². The number of carbonyl (C=O) groups excluding carboxylic acids is 2. The number of hydrogen-bond acceptors (Lipinski definition) is 5. The van der Waals surface area contributed by atoms with Crippen LogP contribution in [0.3, 0.4) is 0 Å². The third-order valence-electron chi connectivity index (χ3n) is 4.66. The van der Waals surface area contributed by atoms with Crippen LogP contribution in [0.15, 0.2) is 30.5 Å². The van der Waals surface area contributed by atoms with E-state index in [0.717, 1.165) is 22.9 Å². The molecule has 8 nitrogen and oxygen atoms in total. The maximum absolute atomic E-state index is 12.6. The molecule has 30 heavy (non-hydrogen) atoms. The number of halogens is 1. The van der Waals surface area contributed by atoms with Gasteiger partial charge in [-0.2, -0.15) is 0 Å². The second-order valence-electron chi connectivity index (χ2n) is 7.52. The summed E-state index contributed by atoms with van der Waals surface area (Å²) in [5.41, 5.74) is 7.27. The van der Waals surface area contributed by atoms with Crippen molar-refractivity contribution >= 4 is 41.2 Å². The van der Waals surface area contributed by atoms with Crippen LogP contribution in [-0.2, 0) is 25.5 Å². The van der Waals surface area contributed by atoms with E-state index in [4.69, 9.17) is 15.6 Å². The molecule has 0 aliphatic carbocycles. The van der Waals surface area contributed by atoms with E-state index in [1.807, 2.05) is 44.3 Å². The highest BCUT2D eigenvalue weighted by Crippen LogP contribution is 2.19. The Hall–Kier alpha value is -2.58. The fourth-order valence-corrected chi connectivity index (χ4v) is 2.89. The predicted octanol–water partition coefficient (Wildman–Crippen LogP) is 2.40. The van der Waals surface area contributed by atoms with Gasteiger partial charge in [0.05, 0.1) is 6.61 Å². The number of aromatic amines is 1. The van der Waals surface area contributed by atoms with Gasteiger partial charge in [-0.05, 0) is 30.4 Å². The molecule has 1 aromatic carbocycles. The maximum atomic E-state index is 12.6. The average molecular weight is 440 g/mol. The van der Waals surface area contributed by atoms with Crippen molar-refractivity contribution in [1.29, 1.82) is 0 Å². The number of amides is 1. The summed E-state index contributed by atoms with van der Waals surface area (Å²) in [4.78, 5) is 38.9. The van der Waals surface area contributed by atoms with Crippen LogP contribution >= 0.6 is 12.4 Å². The molecule has 5 N–H and O–H groups in total. The largest absolute Gasteiger partial charge is 0.480 e. The Morgan fingerprint density at radius 1 is 1.20 bits per heavy atom. The van der Waals surface area contributed by atoms with Gasteiger partial charge in [0.2, 0.25) is 5.91 Å². The molecule has 0 unspecified atom stereocenters. The van der Waals surface area contributed by atoms with Crippen molar-refractivity contribution in [3.8, 4) is 0 Å². The topological polar surface area (TPSA) is 135 Å². The minimum absolute atomic E-state index is 0. The van der Waals surface area contributed by atoms with Gasteiger partial charge in [-0.25, -0.2) is 4.79 Å². The van der Waals surface area contributed by atoms with Gasteiger partial charge in [0.1, 0.15) is 12.1 Å². The van der Waals surface area contributed by atoms with E-state index in [1.54, 1.807) is 0 Å². The lowest BCUT2D eigenvalue weighted by Gasteiger charge is -2.18. The van der Waals surface area contributed by atoms with Crippen LogP contribution in [0.25, 0.3) is 10.9 Å². The molecule has 0 saturated heterocycles. The Morgan fingerprint density at radius 2 is 1.90 bits per heavy atom. The molecular weight excluding hydrogens is 410 g/mol. The summed E-state index contributed by atoms with van der Waals surface area (Å²) in [6.07, 6.45) is 2.71. The molecule has 9 heteroatoms. The van der Waals surface area contributed by atoms with Gasteiger partial charge in [-0.3, -0.25) is 9.59 Å². The van der Waals surface area contributed by atoms with Gasteiger partial charge in [0, 0.05) is 29.9 Å². The molecule has 0 aliphatic rings. The van der Waals surface area contributed by atoms with E-state index in [0.29, 0.717) is 5.92 Å². The fourth-order valence-electron chi connectivity index (χ4n) is 2.89. The van der Waals surface area contributed by atoms with Gasteiger partial charge in [-0.15, -0.1) is 12.4 Å². The van der Waals surface area contributed by atoms with E-state index < -0.39 is 29.9 Å². The van der Waals surface area contributed by atoms with Crippen molar-refractivity contribution in [2.45, 2.75) is 51.6 Å². The zero-order chi connectivity index (χ0) is 21.4. The SMILES string of the molecule is CC(C)CCOC(=O)[C@@H](Cc1c[nH]c2ccccc12)NC(=O)CC[C@@H](N)C(=O)O.Cl. The first kappa shape index (κ1) is 25.5. The van der Waals surface area contributed by atoms with Crippen LogP contribution in [0.1, 0.15) is 38.7 Å². The second-order valence-corrected chi connectivity index (χ2v) is 7.52. The third kappa shape index (κ3) is 7.68. The lowest BCUT2D eigenvalue weighted by atomic mass is 10.0. The van der Waals surface area contributed by atoms with Gasteiger partial charge in [0.15, 0.2) is 0 Å². The maximum Gasteiger partial charge on any atom is 0.328 e. The van der Waals surface area contributed by atoms with E-state index in [-0.39, 0.29) is 38.3 Å². The summed E-state index contributed by atoms with van der Waals surface area (Å²) < 4.78 is 5.36. The molecule has 0 fully saturated rings. The molecule has 1 aromatic heterocycles. The Balaban J connectivity index is 0.00000450. The van der Waals surface area contributed by atoms with E-state index in [9.17, 15) is 14.4 Å². The molecule has 2 atom stereocenters. The van der Waals surface area contributed by atoms with Crippen LogP contribution in [0, 0.1) is 5.92 Å². The average Bonchev–Trinajstić information content (AvgIpc) is 3.08. The number of esters is 1. The number of aromatic nitrogens is 1. The van der Waals surface area contributed by atoms with Crippen LogP contribution in [0.5, 0.6) is 0 Å². The molecule has 2 aromatic rings. The highest BCUT2D eigenvalue weighted by Gasteiger charge is 2.25. The van der Waals surface area contributed by atoms with Gasteiger partial charge in [-0.1, -0.05) is 32.0 Å². The summed E-state index contributed by atoms with van der Waals surface area (Å²) in [6.45, 7) is 4.34. The number of rotatable bonds is 11. The predicted molar refractivity (Wildman–Crippen MR) is 116 cm³/mol. The minimum atomic E-state index is -1.17. The molecule has 0 saturated carbocycles. The lowest BCUT2D eigenvalue weighted by molar-refractivity contribution is -0.148. The van der Waals surface area contributed by atoms with Gasteiger partial charge >= 0.3 is 11.9 Å². The van der Waals surface area contributed by atoms with Crippen LogP contribution < -0.4 is 11.1 Å². The molecule has 0 spiro atoms. The second kappa shape index (κ2) is 12.2. The molecule has 0 radical (unpaired) electrons. The Labute approximate surface area is 182 Å². The first-order chi connectivity index (χ1) is 13.8. The number of ether oxygens (including phenoxy) is 1. The number of nitrogens with one attached hydrogen (secondary N) is 2. The van der Waals surface area contributed by atoms with E-state index >= 15 is 0 Å². The highest BCUT2D eigenvalue weighted by molar-refractivity contribution is 5.87. The highest BCUT2D eigenvalue weighted by atomic mass is 35.5. The van der Waals surface area contributed by atoms with Crippen LogP contribution in [-0.4, -0.2) is 46.6 Å². The van der Waals surface area contributed by atoms with Crippen molar-refractivity contribution in [3.05, 3.63) is 36.0 Å². The minimum Gasteiger partial charge on any atom is -0.480 e. The molecule has 1 heterocycles. The summed E-state index contributed by atoms with van der Waals surface area (Å²) in [7, 11) is 0. The van der Waals surface area contributed by atoms with Crippen molar-refractivity contribution in [2.24, 2.45) is 11.7 Å². The molecular formula is C21H30ClN3O5. The summed E-state index contributed by atoms with van der Waals surface area (Å²) in [5, 5.41) is 12.5. The molecule has 0 bridgehead atoms. The number of carboxylic acids is 1. The van der Waals surface area contributed by atoms with Gasteiger partial charge < -0.3 is 25.9 Å². The van der Waals surface area contributed by atoms with Crippen LogP contribution in [0.4, 0.5) is 0 Å². The van der Waals surface area contributed by atoms with Gasteiger partial charge in [0.25, 0.3) is 0 Å². The first-order valence-corrected chi connectivity index (χ1v) is 9.77. The van der Waals surface area contributed by atoms with Crippen LogP contribution in [0.2, 0.25) is 0 Å². The summed E-state index contributed by atoms with van der Waals surface area (Å²) in [5.74, 6) is -1.72. The lowest BCUT2D eigenvalue weighted by Crippen LogP contribution is -2.44. The Morgan fingerprint density at radius 3 is 2.57 bits per heavy atom. The zero-order valence-corrected chi connectivity index (χ0v) is 18.0. The normalized spacial score (nSPS) is 12.8. The van der Waals surface area contributed by atoms with Crippen molar-refractivity contribution < 1.29 is 24.2 Å². The third-order valence-corrected chi connectivity index (χ3v) is 4.66. The zero-order valence-electron chi connectivity index (χ0n) is 17.2. The van der Waals surface area contributed by atoms with E-state index in [1.165, 1.54) is 0 Å². The Bertz CT molecular complexity index is 852.